The van der Waals surface area contributed by atoms with E-state index in [1.165, 1.54) is 0 Å². The average molecular weight is 1010 g/mol. The Morgan fingerprint density at radius 2 is 0.808 bits per heavy atom. The maximum Gasteiger partial charge on any atom is 0.229 e. The number of aliphatic hydroxyl groups excluding tert-OH is 7. The second kappa shape index (κ2) is 25.3. The first-order valence-corrected chi connectivity index (χ1v) is 25.8. The molecular formula is C58H72O15. The Morgan fingerprint density at radius 1 is 0.425 bits per heavy atom. The standard InChI is InChI=1S/C58H72O15/c1-5-22-66-52-35-12-9-13-36(52)27-38-15-11-17-40(54(38)68-24-7-3)29-43-31-41(30-42(55(43)69-25-8-4)28-39-16-10-14-37(26-35)53(39)67-23-6-2)34-18-20-44(21-19-34)70-57-51(65)49(63)56(46(33-60)72-57)73-58-50(64)48(62)47(61)45(32-59)71-58/h9-21,30-31,45-51,56-65H,5-8,22-29,32-33H2,1-4H3/t45-,46-,47-,48+,49-,50-,51-,56-,57-,58-/m1/s1. The molecule has 15 heteroatoms. The van der Waals surface area contributed by atoms with Crippen molar-refractivity contribution in [3.63, 3.8) is 0 Å². The summed E-state index contributed by atoms with van der Waals surface area (Å²) in [4.78, 5) is 0. The number of hydrogen-bond donors (Lipinski definition) is 7. The second-order valence-corrected chi connectivity index (χ2v) is 19.1. The molecule has 0 saturated carbocycles. The smallest absolute Gasteiger partial charge is 0.229 e. The van der Waals surface area contributed by atoms with E-state index in [0.717, 1.165) is 104 Å². The molecule has 0 aromatic heterocycles. The Hall–Kier alpha value is -5.30. The molecule has 0 spiro atoms. The molecule has 0 radical (unpaired) electrons. The van der Waals surface area contributed by atoms with Gasteiger partial charge in [-0.05, 0) is 106 Å². The van der Waals surface area contributed by atoms with Crippen molar-refractivity contribution in [2.45, 2.75) is 140 Å². The predicted molar refractivity (Wildman–Crippen MR) is 273 cm³/mol. The zero-order valence-electron chi connectivity index (χ0n) is 42.2. The highest BCUT2D eigenvalue weighted by Gasteiger charge is 2.51. The van der Waals surface area contributed by atoms with Crippen LogP contribution in [0.1, 0.15) is 97.9 Å². The van der Waals surface area contributed by atoms with Crippen molar-refractivity contribution in [3.05, 3.63) is 136 Å². The normalized spacial score (nSPS) is 24.9. The summed E-state index contributed by atoms with van der Waals surface area (Å²) in [6.45, 7) is 9.27. The van der Waals surface area contributed by atoms with Gasteiger partial charge in [-0.1, -0.05) is 94.4 Å². The van der Waals surface area contributed by atoms with Crippen LogP contribution < -0.4 is 23.7 Å². The first kappa shape index (κ1) is 54.0. The average Bonchev–Trinajstić information content (AvgIpc) is 3.39. The van der Waals surface area contributed by atoms with Crippen molar-refractivity contribution in [1.82, 2.24) is 0 Å². The third-order valence-corrected chi connectivity index (χ3v) is 13.5. The number of hydrogen-bond acceptors (Lipinski definition) is 15. The Kier molecular flexibility index (Phi) is 18.7. The van der Waals surface area contributed by atoms with Crippen LogP contribution >= 0.6 is 0 Å². The molecule has 73 heavy (non-hydrogen) atoms. The van der Waals surface area contributed by atoms with Crippen LogP contribution in [0.4, 0.5) is 0 Å². The minimum absolute atomic E-state index is 0.298. The largest absolute Gasteiger partial charge is 0.493 e. The predicted octanol–water partition coefficient (Wildman–Crippen LogP) is 6.19. The van der Waals surface area contributed by atoms with Gasteiger partial charge in [0.05, 0.1) is 39.6 Å². The minimum Gasteiger partial charge on any atom is -0.493 e. The monoisotopic (exact) mass is 1010 g/mol. The van der Waals surface area contributed by atoms with Gasteiger partial charge in [-0.3, -0.25) is 0 Å². The van der Waals surface area contributed by atoms with Crippen LogP contribution in [-0.2, 0) is 39.9 Å². The van der Waals surface area contributed by atoms with E-state index in [1.54, 1.807) is 12.1 Å². The van der Waals surface area contributed by atoms with E-state index >= 15 is 0 Å². The van der Waals surface area contributed by atoms with Gasteiger partial charge < -0.3 is 73.6 Å². The van der Waals surface area contributed by atoms with Gasteiger partial charge >= 0.3 is 0 Å². The van der Waals surface area contributed by atoms with Crippen LogP contribution in [-0.4, -0.2) is 137 Å². The lowest BCUT2D eigenvalue weighted by molar-refractivity contribution is -0.352. The molecule has 5 aromatic carbocycles. The van der Waals surface area contributed by atoms with Gasteiger partial charge in [-0.15, -0.1) is 0 Å². The van der Waals surface area contributed by atoms with E-state index in [1.807, 2.05) is 12.1 Å². The molecule has 5 aromatic rings. The van der Waals surface area contributed by atoms with Crippen molar-refractivity contribution in [2.24, 2.45) is 0 Å². The summed E-state index contributed by atoms with van der Waals surface area (Å²) in [6, 6.07) is 30.8. The van der Waals surface area contributed by atoms with E-state index in [0.29, 0.717) is 57.9 Å². The number of para-hydroxylation sites is 3. The molecule has 10 atom stereocenters. The third-order valence-electron chi connectivity index (χ3n) is 13.5. The Labute approximate surface area is 427 Å². The lowest BCUT2D eigenvalue weighted by Gasteiger charge is -2.45. The Bertz CT molecular complexity index is 2460. The maximum atomic E-state index is 11.3. The Morgan fingerprint density at radius 3 is 1.22 bits per heavy atom. The lowest BCUT2D eigenvalue weighted by Crippen LogP contribution is -2.65. The number of fused-ring (bicyclic) bond motifs is 8. The number of rotatable bonds is 19. The topological polar surface area (TPSA) is 215 Å². The van der Waals surface area contributed by atoms with Gasteiger partial charge in [-0.25, -0.2) is 0 Å². The lowest BCUT2D eigenvalue weighted by atomic mass is 9.89. The van der Waals surface area contributed by atoms with Gasteiger partial charge in [0.15, 0.2) is 6.29 Å². The first-order valence-electron chi connectivity index (χ1n) is 25.8. The quantitative estimate of drug-likeness (QED) is 0.0482. The summed E-state index contributed by atoms with van der Waals surface area (Å²) in [5.41, 5.74) is 10.1. The van der Waals surface area contributed by atoms with Gasteiger partial charge in [0.2, 0.25) is 6.29 Å². The Balaban J connectivity index is 1.16. The summed E-state index contributed by atoms with van der Waals surface area (Å²) < 4.78 is 50.0. The molecule has 1 aliphatic carbocycles. The van der Waals surface area contributed by atoms with Crippen LogP contribution in [0.3, 0.4) is 0 Å². The molecule has 8 bridgehead atoms. The highest BCUT2D eigenvalue weighted by molar-refractivity contribution is 5.70. The van der Waals surface area contributed by atoms with Gasteiger partial charge in [0.25, 0.3) is 0 Å². The zero-order valence-corrected chi connectivity index (χ0v) is 42.2. The van der Waals surface area contributed by atoms with Crippen molar-refractivity contribution in [1.29, 1.82) is 0 Å². The molecule has 2 fully saturated rings. The summed E-state index contributed by atoms with van der Waals surface area (Å²) in [5, 5.41) is 73.5. The van der Waals surface area contributed by atoms with Crippen molar-refractivity contribution in [3.8, 4) is 39.9 Å². The third kappa shape index (κ3) is 12.3. The van der Waals surface area contributed by atoms with Crippen molar-refractivity contribution < 1.29 is 73.6 Å². The van der Waals surface area contributed by atoms with Crippen LogP contribution in [0.2, 0.25) is 0 Å². The highest BCUT2D eigenvalue weighted by Crippen LogP contribution is 2.41. The molecule has 3 aliphatic rings. The number of benzene rings is 5. The zero-order chi connectivity index (χ0) is 51.6. The summed E-state index contributed by atoms with van der Waals surface area (Å²) in [7, 11) is 0. The second-order valence-electron chi connectivity index (χ2n) is 19.1. The van der Waals surface area contributed by atoms with E-state index in [9.17, 15) is 35.7 Å². The number of aliphatic hydroxyl groups is 7. The molecule has 8 rings (SSSR count). The van der Waals surface area contributed by atoms with Crippen LogP contribution in [0.25, 0.3) is 11.1 Å². The van der Waals surface area contributed by atoms with E-state index in [2.05, 4.69) is 94.4 Å². The van der Waals surface area contributed by atoms with Crippen molar-refractivity contribution in [2.75, 3.05) is 39.6 Å². The van der Waals surface area contributed by atoms with E-state index in [4.69, 9.17) is 37.9 Å². The molecule has 7 N–H and O–H groups in total. The minimum atomic E-state index is -1.78. The highest BCUT2D eigenvalue weighted by atomic mass is 16.7. The summed E-state index contributed by atoms with van der Waals surface area (Å²) in [6.07, 6.45) is -10.1. The van der Waals surface area contributed by atoms with Gasteiger partial charge in [0, 0.05) is 25.7 Å². The van der Waals surface area contributed by atoms with E-state index in [-0.39, 0.29) is 0 Å². The summed E-state index contributed by atoms with van der Waals surface area (Å²) in [5.74, 6) is 3.72. The fourth-order valence-corrected chi connectivity index (χ4v) is 9.82. The molecule has 394 valence electrons. The van der Waals surface area contributed by atoms with E-state index < -0.39 is 74.6 Å². The van der Waals surface area contributed by atoms with Gasteiger partial charge in [0.1, 0.15) is 77.6 Å². The first-order chi connectivity index (χ1) is 35.5. The van der Waals surface area contributed by atoms with Crippen LogP contribution in [0, 0.1) is 0 Å². The maximum absolute atomic E-state index is 11.3. The van der Waals surface area contributed by atoms with Gasteiger partial charge in [-0.2, -0.15) is 0 Å². The molecule has 2 aliphatic heterocycles. The molecule has 0 unspecified atom stereocenters. The van der Waals surface area contributed by atoms with Crippen LogP contribution in [0.15, 0.2) is 91.0 Å². The number of ether oxygens (including phenoxy) is 8. The fraction of sp³-hybridized carbons (Fsp3) is 0.483. The molecule has 2 saturated heterocycles. The molecule has 0 amide bonds. The molecule has 2 heterocycles. The van der Waals surface area contributed by atoms with Crippen LogP contribution in [0.5, 0.6) is 28.7 Å². The van der Waals surface area contributed by atoms with Crippen molar-refractivity contribution >= 4 is 0 Å². The SMILES string of the molecule is CCCOc1c2cccc1Cc1cccc(c1OCCC)Cc1cc(-c3ccc(O[C@@H]4O[C@H](CO)[C@@H](O[C@H]5O[C@H](CO)[C@@H](O)[C@H](O)[C@H]5O)[C@H](O)[C@H]4O)cc3)cc(c1OCCC)Cc1cccc(c1OCCC)C2. The molecular weight excluding hydrogens is 937 g/mol. The summed E-state index contributed by atoms with van der Waals surface area (Å²) >= 11 is 0. The molecule has 15 nitrogen and oxygen atoms in total. The fourth-order valence-electron chi connectivity index (χ4n) is 9.82.